The molecule has 90 valence electrons. The van der Waals surface area contributed by atoms with Gasteiger partial charge >= 0.3 is 5.97 Å². The van der Waals surface area contributed by atoms with E-state index in [1.807, 2.05) is 17.7 Å². The van der Waals surface area contributed by atoms with E-state index in [-0.39, 0.29) is 5.76 Å². The molecule has 4 nitrogen and oxygen atoms in total. The van der Waals surface area contributed by atoms with Gasteiger partial charge in [-0.3, -0.25) is 0 Å². The first-order valence-electron chi connectivity index (χ1n) is 5.31. The summed E-state index contributed by atoms with van der Waals surface area (Å²) in [5, 5.41) is 3.97. The lowest BCUT2D eigenvalue weighted by molar-refractivity contribution is 0.0490. The van der Waals surface area contributed by atoms with Gasteiger partial charge in [0.2, 0.25) is 11.7 Å². The van der Waals surface area contributed by atoms with Gasteiger partial charge in [0, 0.05) is 5.38 Å². The second-order valence-corrected chi connectivity index (χ2v) is 4.37. The molecule has 0 saturated carbocycles. The van der Waals surface area contributed by atoms with Crippen molar-refractivity contribution < 1.29 is 13.9 Å². The van der Waals surface area contributed by atoms with Crippen LogP contribution in [0.3, 0.4) is 0 Å². The highest BCUT2D eigenvalue weighted by Crippen LogP contribution is 2.28. The maximum absolute atomic E-state index is 11.6. The summed E-state index contributed by atoms with van der Waals surface area (Å²) < 4.78 is 10.4. The number of hydrogen-bond acceptors (Lipinski definition) is 5. The average Bonchev–Trinajstić information content (AvgIpc) is 2.84. The Morgan fingerprint density at radius 1 is 1.47 bits per heavy atom. The minimum Gasteiger partial charge on any atom is -0.460 e. The molecular formula is C12H13NO3S. The minimum atomic E-state index is -0.461. The van der Waals surface area contributed by atoms with Gasteiger partial charge in [0.05, 0.1) is 17.9 Å². The number of aromatic nitrogens is 1. The van der Waals surface area contributed by atoms with Crippen molar-refractivity contribution in [3.05, 3.63) is 27.8 Å². The molecule has 0 unspecified atom stereocenters. The van der Waals surface area contributed by atoms with Gasteiger partial charge in [-0.25, -0.2) is 9.78 Å². The third-order valence-corrected chi connectivity index (χ3v) is 3.20. The van der Waals surface area contributed by atoms with Crippen LogP contribution in [0.2, 0.25) is 0 Å². The molecule has 0 aliphatic heterocycles. The Morgan fingerprint density at radius 3 is 2.82 bits per heavy atom. The summed E-state index contributed by atoms with van der Waals surface area (Å²) >= 11 is 1.58. The summed E-state index contributed by atoms with van der Waals surface area (Å²) in [6.45, 7) is 5.80. The van der Waals surface area contributed by atoms with Gasteiger partial charge in [-0.15, -0.1) is 0 Å². The predicted octanol–water partition coefficient (Wildman–Crippen LogP) is 3.20. The summed E-state index contributed by atoms with van der Waals surface area (Å²) in [6.07, 6.45) is 0. The number of aryl methyl sites for hydroxylation is 2. The molecule has 0 fully saturated rings. The molecule has 0 aromatic carbocycles. The van der Waals surface area contributed by atoms with Crippen LogP contribution in [0.15, 0.2) is 15.2 Å². The van der Waals surface area contributed by atoms with Gasteiger partial charge in [0.25, 0.3) is 0 Å². The van der Waals surface area contributed by atoms with E-state index in [0.717, 1.165) is 11.1 Å². The number of carbonyl (C=O) groups excluding carboxylic acids is 1. The van der Waals surface area contributed by atoms with Crippen molar-refractivity contribution in [3.63, 3.8) is 0 Å². The van der Waals surface area contributed by atoms with Crippen molar-refractivity contribution >= 4 is 17.3 Å². The van der Waals surface area contributed by atoms with Crippen LogP contribution in [-0.4, -0.2) is 17.6 Å². The molecule has 2 heterocycles. The lowest BCUT2D eigenvalue weighted by Crippen LogP contribution is -2.04. The predicted molar refractivity (Wildman–Crippen MR) is 65.2 cm³/mol. The number of thiophene rings is 1. The number of hydrogen-bond donors (Lipinski definition) is 0. The van der Waals surface area contributed by atoms with Crippen LogP contribution >= 0.6 is 11.3 Å². The molecule has 0 bridgehead atoms. The van der Waals surface area contributed by atoms with Crippen molar-refractivity contribution in [2.75, 3.05) is 6.61 Å². The third-order valence-electron chi connectivity index (χ3n) is 2.34. The summed E-state index contributed by atoms with van der Waals surface area (Å²) in [4.78, 5) is 15.8. The topological polar surface area (TPSA) is 52.3 Å². The van der Waals surface area contributed by atoms with Crippen LogP contribution in [-0.2, 0) is 4.74 Å². The molecule has 17 heavy (non-hydrogen) atoms. The number of ether oxygens (including phenoxy) is 1. The molecule has 2 rings (SSSR count). The molecule has 2 aromatic rings. The van der Waals surface area contributed by atoms with Crippen molar-refractivity contribution in [1.29, 1.82) is 0 Å². The summed E-state index contributed by atoms with van der Waals surface area (Å²) in [6, 6.07) is 0. The first-order valence-corrected chi connectivity index (χ1v) is 6.25. The van der Waals surface area contributed by atoms with Gasteiger partial charge in [-0.05, 0) is 31.7 Å². The fraction of sp³-hybridized carbons (Fsp3) is 0.333. The molecule has 2 aromatic heterocycles. The normalized spacial score (nSPS) is 10.5. The fourth-order valence-electron chi connectivity index (χ4n) is 1.48. The minimum absolute atomic E-state index is 0.187. The zero-order chi connectivity index (χ0) is 12.4. The molecule has 0 N–H and O–H groups in total. The number of esters is 1. The van der Waals surface area contributed by atoms with Gasteiger partial charge in [0.1, 0.15) is 0 Å². The Balaban J connectivity index is 2.37. The Labute approximate surface area is 103 Å². The molecule has 0 saturated heterocycles. The van der Waals surface area contributed by atoms with E-state index in [1.165, 1.54) is 0 Å². The SMILES string of the molecule is CCOC(=O)c1oc(-c2cscc2C)nc1C. The van der Waals surface area contributed by atoms with Gasteiger partial charge in [-0.1, -0.05) is 0 Å². The third kappa shape index (κ3) is 2.24. The molecule has 0 aliphatic rings. The van der Waals surface area contributed by atoms with Gasteiger partial charge in [-0.2, -0.15) is 11.3 Å². The highest BCUT2D eigenvalue weighted by molar-refractivity contribution is 7.08. The quantitative estimate of drug-likeness (QED) is 0.786. The molecule has 0 radical (unpaired) electrons. The molecule has 0 amide bonds. The molecular weight excluding hydrogens is 238 g/mol. The zero-order valence-electron chi connectivity index (χ0n) is 9.94. The smallest absolute Gasteiger partial charge is 0.376 e. The largest absolute Gasteiger partial charge is 0.460 e. The second kappa shape index (κ2) is 4.71. The van der Waals surface area contributed by atoms with E-state index in [9.17, 15) is 4.79 Å². The molecule has 0 atom stereocenters. The van der Waals surface area contributed by atoms with E-state index in [1.54, 1.807) is 25.2 Å². The molecule has 5 heteroatoms. The van der Waals surface area contributed by atoms with Crippen LogP contribution in [0.4, 0.5) is 0 Å². The molecule has 0 spiro atoms. The highest BCUT2D eigenvalue weighted by atomic mass is 32.1. The van der Waals surface area contributed by atoms with Crippen LogP contribution in [0.25, 0.3) is 11.5 Å². The first-order chi connectivity index (χ1) is 8.13. The number of oxazole rings is 1. The first kappa shape index (κ1) is 11.9. The Kier molecular flexibility index (Phi) is 3.28. The number of rotatable bonds is 3. The monoisotopic (exact) mass is 251 g/mol. The Bertz CT molecular complexity index is 542. The van der Waals surface area contributed by atoms with Crippen LogP contribution < -0.4 is 0 Å². The van der Waals surface area contributed by atoms with E-state index in [4.69, 9.17) is 9.15 Å². The Hall–Kier alpha value is -1.62. The summed E-state index contributed by atoms with van der Waals surface area (Å²) in [5.74, 6) is 0.202. The maximum Gasteiger partial charge on any atom is 0.376 e. The fourth-order valence-corrected chi connectivity index (χ4v) is 2.30. The average molecular weight is 251 g/mol. The Morgan fingerprint density at radius 2 is 2.24 bits per heavy atom. The van der Waals surface area contributed by atoms with Crippen LogP contribution in [0.1, 0.15) is 28.7 Å². The van der Waals surface area contributed by atoms with Crippen LogP contribution in [0.5, 0.6) is 0 Å². The second-order valence-electron chi connectivity index (χ2n) is 3.62. The maximum atomic E-state index is 11.6. The number of nitrogens with zero attached hydrogens (tertiary/aromatic N) is 1. The summed E-state index contributed by atoms with van der Waals surface area (Å²) in [5.41, 5.74) is 2.57. The van der Waals surface area contributed by atoms with E-state index >= 15 is 0 Å². The van der Waals surface area contributed by atoms with Crippen LogP contribution in [0, 0.1) is 13.8 Å². The standard InChI is InChI=1S/C12H13NO3S/c1-4-15-12(14)10-8(3)13-11(16-10)9-6-17-5-7(9)2/h5-6H,4H2,1-3H3. The zero-order valence-corrected chi connectivity index (χ0v) is 10.8. The van der Waals surface area contributed by atoms with Crippen molar-refractivity contribution in [2.45, 2.75) is 20.8 Å². The summed E-state index contributed by atoms with van der Waals surface area (Å²) in [7, 11) is 0. The molecule has 0 aliphatic carbocycles. The highest BCUT2D eigenvalue weighted by Gasteiger charge is 2.20. The van der Waals surface area contributed by atoms with E-state index < -0.39 is 5.97 Å². The van der Waals surface area contributed by atoms with E-state index in [2.05, 4.69) is 4.98 Å². The lowest BCUT2D eigenvalue weighted by Gasteiger charge is -1.97. The number of carbonyl (C=O) groups is 1. The van der Waals surface area contributed by atoms with Crippen molar-refractivity contribution in [1.82, 2.24) is 4.98 Å². The van der Waals surface area contributed by atoms with Crippen molar-refractivity contribution in [2.24, 2.45) is 0 Å². The van der Waals surface area contributed by atoms with Gasteiger partial charge in [0.15, 0.2) is 0 Å². The van der Waals surface area contributed by atoms with Gasteiger partial charge < -0.3 is 9.15 Å². The van der Waals surface area contributed by atoms with E-state index in [0.29, 0.717) is 18.2 Å². The van der Waals surface area contributed by atoms with Crippen molar-refractivity contribution in [3.8, 4) is 11.5 Å². The lowest BCUT2D eigenvalue weighted by atomic mass is 10.2.